The van der Waals surface area contributed by atoms with Gasteiger partial charge >= 0.3 is 5.97 Å². The second-order valence-corrected chi connectivity index (χ2v) is 10.2. The van der Waals surface area contributed by atoms with Crippen LogP contribution in [-0.2, 0) is 9.53 Å². The summed E-state index contributed by atoms with van der Waals surface area (Å²) in [5, 5.41) is 2.85. The van der Waals surface area contributed by atoms with Gasteiger partial charge < -0.3 is 19.5 Å². The summed E-state index contributed by atoms with van der Waals surface area (Å²) in [7, 11) is 3.24. The van der Waals surface area contributed by atoms with Gasteiger partial charge in [0.25, 0.3) is 5.91 Å². The Morgan fingerprint density at radius 3 is 1.84 bits per heavy atom. The number of nitrogens with zero attached hydrogens (tertiary/aromatic N) is 2. The van der Waals surface area contributed by atoms with Crippen LogP contribution >= 0.6 is 0 Å². The van der Waals surface area contributed by atoms with Gasteiger partial charge in [-0.15, -0.1) is 0 Å². The number of amides is 1. The lowest BCUT2D eigenvalue weighted by Crippen LogP contribution is -2.32. The highest BCUT2D eigenvalue weighted by atomic mass is 16.5. The molecule has 0 aliphatic heterocycles. The summed E-state index contributed by atoms with van der Waals surface area (Å²) in [5.74, 6) is 0.460. The fourth-order valence-electron chi connectivity index (χ4n) is 4.64. The fourth-order valence-corrected chi connectivity index (χ4v) is 4.64. The number of esters is 1. The molecule has 218 valence electrons. The molecule has 0 aliphatic carbocycles. The lowest BCUT2D eigenvalue weighted by atomic mass is 10.0. The number of aryl methyl sites for hydroxylation is 2. The van der Waals surface area contributed by atoms with Gasteiger partial charge in [-0.3, -0.25) is 4.79 Å². The molecule has 5 aromatic rings. The van der Waals surface area contributed by atoms with E-state index in [0.717, 1.165) is 33.8 Å². The van der Waals surface area contributed by atoms with Crippen LogP contribution < -0.4 is 14.8 Å². The molecule has 0 saturated heterocycles. The highest BCUT2D eigenvalue weighted by Gasteiger charge is 2.23. The van der Waals surface area contributed by atoms with Crippen molar-refractivity contribution in [3.63, 3.8) is 0 Å². The summed E-state index contributed by atoms with van der Waals surface area (Å²) in [5.41, 5.74) is 7.28. The number of carbonyl (C=O) groups is 2. The van der Waals surface area contributed by atoms with E-state index in [4.69, 9.17) is 24.2 Å². The van der Waals surface area contributed by atoms with Gasteiger partial charge in [0.05, 0.1) is 42.2 Å². The number of methoxy groups -OCH3 is 2. The maximum absolute atomic E-state index is 13.2. The van der Waals surface area contributed by atoms with E-state index in [1.807, 2.05) is 80.6 Å². The van der Waals surface area contributed by atoms with Gasteiger partial charge in [0.1, 0.15) is 11.5 Å². The number of hydrogen-bond donors (Lipinski definition) is 1. The molecular weight excluding hydrogens is 542 g/mol. The molecule has 8 heteroatoms. The van der Waals surface area contributed by atoms with Crippen LogP contribution in [0.1, 0.15) is 34.8 Å². The van der Waals surface area contributed by atoms with Crippen LogP contribution in [0.3, 0.4) is 0 Å². The Morgan fingerprint density at radius 2 is 1.30 bits per heavy atom. The van der Waals surface area contributed by atoms with Crippen molar-refractivity contribution in [2.24, 2.45) is 0 Å². The number of fused-ring (bicyclic) bond motifs is 1. The molecule has 0 fully saturated rings. The van der Waals surface area contributed by atoms with Gasteiger partial charge in [-0.1, -0.05) is 13.0 Å². The Bertz CT molecular complexity index is 1780. The van der Waals surface area contributed by atoms with Crippen molar-refractivity contribution in [3.8, 4) is 34.0 Å². The zero-order valence-corrected chi connectivity index (χ0v) is 24.8. The van der Waals surface area contributed by atoms with E-state index in [0.29, 0.717) is 34.5 Å². The summed E-state index contributed by atoms with van der Waals surface area (Å²) in [6, 6.07) is 25.8. The number of hydrogen-bond acceptors (Lipinski definition) is 7. The molecule has 43 heavy (non-hydrogen) atoms. The predicted octanol–water partition coefficient (Wildman–Crippen LogP) is 7.17. The molecule has 4 aromatic carbocycles. The molecule has 0 spiro atoms. The second kappa shape index (κ2) is 12.7. The minimum atomic E-state index is -0.955. The smallest absolute Gasteiger partial charge is 0.338 e. The molecule has 1 amide bonds. The molecule has 0 saturated carbocycles. The van der Waals surface area contributed by atoms with E-state index in [1.54, 1.807) is 39.3 Å². The molecule has 0 bridgehead atoms. The van der Waals surface area contributed by atoms with Gasteiger partial charge in [-0.25, -0.2) is 14.8 Å². The first-order valence-electron chi connectivity index (χ1n) is 14.0. The van der Waals surface area contributed by atoms with E-state index in [-0.39, 0.29) is 11.5 Å². The molecule has 8 nitrogen and oxygen atoms in total. The Balaban J connectivity index is 1.46. The average Bonchev–Trinajstić information content (AvgIpc) is 3.04. The largest absolute Gasteiger partial charge is 0.497 e. The summed E-state index contributed by atoms with van der Waals surface area (Å²) in [4.78, 5) is 36.0. The Kier molecular flexibility index (Phi) is 8.66. The first kappa shape index (κ1) is 29.3. The molecule has 0 radical (unpaired) electrons. The molecule has 1 aromatic heterocycles. The van der Waals surface area contributed by atoms with Crippen molar-refractivity contribution in [2.45, 2.75) is 33.3 Å². The Morgan fingerprint density at radius 1 is 0.721 bits per heavy atom. The van der Waals surface area contributed by atoms with Crippen molar-refractivity contribution in [3.05, 3.63) is 102 Å². The lowest BCUT2D eigenvalue weighted by molar-refractivity contribution is -0.124. The van der Waals surface area contributed by atoms with Gasteiger partial charge in [0, 0.05) is 16.8 Å². The highest BCUT2D eigenvalue weighted by Crippen LogP contribution is 2.33. The minimum Gasteiger partial charge on any atom is -0.497 e. The number of carbonyl (C=O) groups excluding carboxylic acids is 2. The third-order valence-electron chi connectivity index (χ3n) is 7.31. The second-order valence-electron chi connectivity index (χ2n) is 10.2. The SMILES string of the molecule is CCC(OC(=O)c1ccc2nc(-c3ccc(OC)cc3)c(-c3ccc(OC)cc3)nc2c1)C(=O)Nc1ccc(C)c(C)c1. The maximum atomic E-state index is 13.2. The highest BCUT2D eigenvalue weighted by molar-refractivity contribution is 5.99. The summed E-state index contributed by atoms with van der Waals surface area (Å²) >= 11 is 0. The third-order valence-corrected chi connectivity index (χ3v) is 7.31. The predicted molar refractivity (Wildman–Crippen MR) is 168 cm³/mol. The van der Waals surface area contributed by atoms with Crippen molar-refractivity contribution < 1.29 is 23.8 Å². The summed E-state index contributed by atoms with van der Waals surface area (Å²) < 4.78 is 16.3. The zero-order chi connectivity index (χ0) is 30.5. The fraction of sp³-hybridized carbons (Fsp3) is 0.200. The van der Waals surface area contributed by atoms with Crippen LogP contribution in [0.25, 0.3) is 33.5 Å². The zero-order valence-electron chi connectivity index (χ0n) is 24.8. The number of anilines is 1. The number of rotatable bonds is 9. The number of aromatic nitrogens is 2. The van der Waals surface area contributed by atoms with Crippen LogP contribution in [0, 0.1) is 13.8 Å². The van der Waals surface area contributed by atoms with Gasteiger partial charge in [-0.2, -0.15) is 0 Å². The van der Waals surface area contributed by atoms with Crippen LogP contribution in [0.15, 0.2) is 84.9 Å². The lowest BCUT2D eigenvalue weighted by Gasteiger charge is -2.17. The van der Waals surface area contributed by atoms with Crippen molar-refractivity contribution >= 4 is 28.6 Å². The van der Waals surface area contributed by atoms with Gasteiger partial charge in [0.2, 0.25) is 0 Å². The standard InChI is InChI=1S/C35H33N3O5/c1-6-31(34(39)36-26-13-7-21(2)22(3)19-26)43-35(40)25-12-18-29-30(20-25)38-33(24-10-16-28(42-5)17-11-24)32(37-29)23-8-14-27(41-4)15-9-23/h7-20,31H,6H2,1-5H3,(H,36,39). The van der Waals surface area contributed by atoms with Crippen molar-refractivity contribution in [1.29, 1.82) is 0 Å². The van der Waals surface area contributed by atoms with Gasteiger partial charge in [-0.05, 0) is 110 Å². The Labute approximate surface area is 250 Å². The number of benzene rings is 4. The Hall–Kier alpha value is -5.24. The van der Waals surface area contributed by atoms with E-state index in [2.05, 4.69) is 5.32 Å². The topological polar surface area (TPSA) is 99.6 Å². The number of nitrogens with one attached hydrogen (secondary N) is 1. The van der Waals surface area contributed by atoms with Crippen molar-refractivity contribution in [2.75, 3.05) is 19.5 Å². The quantitative estimate of drug-likeness (QED) is 0.186. The van der Waals surface area contributed by atoms with E-state index in [1.165, 1.54) is 0 Å². The first-order valence-corrected chi connectivity index (χ1v) is 14.0. The van der Waals surface area contributed by atoms with E-state index < -0.39 is 12.1 Å². The molecule has 0 aliphatic rings. The third kappa shape index (κ3) is 6.48. The first-order chi connectivity index (χ1) is 20.8. The molecule has 1 heterocycles. The molecule has 1 N–H and O–H groups in total. The van der Waals surface area contributed by atoms with Crippen LogP contribution in [0.5, 0.6) is 11.5 Å². The van der Waals surface area contributed by atoms with Crippen LogP contribution in [-0.4, -0.2) is 42.2 Å². The molecular formula is C35H33N3O5. The van der Waals surface area contributed by atoms with Crippen LogP contribution in [0.2, 0.25) is 0 Å². The monoisotopic (exact) mass is 575 g/mol. The normalized spacial score (nSPS) is 11.6. The number of ether oxygens (including phenoxy) is 3. The summed E-state index contributed by atoms with van der Waals surface area (Å²) in [6.45, 7) is 5.78. The van der Waals surface area contributed by atoms with E-state index >= 15 is 0 Å². The van der Waals surface area contributed by atoms with E-state index in [9.17, 15) is 9.59 Å². The van der Waals surface area contributed by atoms with Crippen molar-refractivity contribution in [1.82, 2.24) is 9.97 Å². The average molecular weight is 576 g/mol. The molecule has 1 unspecified atom stereocenters. The molecule has 1 atom stereocenters. The maximum Gasteiger partial charge on any atom is 0.338 e. The molecule has 5 rings (SSSR count). The summed E-state index contributed by atoms with van der Waals surface area (Å²) in [6.07, 6.45) is -0.633. The van der Waals surface area contributed by atoms with Crippen LogP contribution in [0.4, 0.5) is 5.69 Å². The minimum absolute atomic E-state index is 0.275. The van der Waals surface area contributed by atoms with Gasteiger partial charge in [0.15, 0.2) is 6.10 Å².